The highest BCUT2D eigenvalue weighted by Crippen LogP contribution is 2.26. The number of halogens is 3. The first kappa shape index (κ1) is 13.4. The fourth-order valence-electron chi connectivity index (χ4n) is 1.37. The number of aryl methyl sites for hydroxylation is 2. The molecule has 0 aliphatic rings. The van der Waals surface area contributed by atoms with Gasteiger partial charge in [-0.15, -0.1) is 0 Å². The molecule has 1 unspecified atom stereocenters. The normalized spacial score (nSPS) is 12.9. The van der Waals surface area contributed by atoms with Crippen LogP contribution in [0.4, 0.5) is 18.9 Å². The Kier molecular flexibility index (Phi) is 4.00. The maximum Gasteiger partial charge on any atom is 0.406 e. The molecule has 0 aliphatic heterocycles. The maximum absolute atomic E-state index is 12.3. The molecule has 0 radical (unpaired) electrons. The van der Waals surface area contributed by atoms with Gasteiger partial charge in [0.2, 0.25) is 0 Å². The van der Waals surface area contributed by atoms with Crippen LogP contribution in [0.3, 0.4) is 0 Å². The lowest BCUT2D eigenvalue weighted by molar-refractivity contribution is -0.155. The van der Waals surface area contributed by atoms with Crippen molar-refractivity contribution in [3.63, 3.8) is 0 Å². The number of nitrogens with one attached hydrogen (secondary N) is 1. The Hall–Kier alpha value is -1.70. The van der Waals surface area contributed by atoms with Crippen molar-refractivity contribution in [2.45, 2.75) is 20.0 Å². The van der Waals surface area contributed by atoms with E-state index in [0.29, 0.717) is 5.69 Å². The largest absolute Gasteiger partial charge is 0.406 e. The molecule has 5 heteroatoms. The van der Waals surface area contributed by atoms with E-state index in [1.165, 1.54) is 6.07 Å². The fourth-order valence-corrected chi connectivity index (χ4v) is 1.37. The summed E-state index contributed by atoms with van der Waals surface area (Å²) in [7, 11) is 0. The van der Waals surface area contributed by atoms with E-state index in [2.05, 4.69) is 5.32 Å². The monoisotopic (exact) mass is 242 g/mol. The first-order chi connectivity index (χ1) is 7.84. The average molecular weight is 242 g/mol. The molecule has 0 aliphatic carbocycles. The second kappa shape index (κ2) is 5.09. The SMILES string of the molecule is Cc1ccc(C)c(NCC(C#N)C(F)(F)F)c1. The molecular weight excluding hydrogens is 229 g/mol. The fraction of sp³-hybridized carbons (Fsp3) is 0.417. The van der Waals surface area contributed by atoms with Gasteiger partial charge in [0.05, 0.1) is 6.07 Å². The quantitative estimate of drug-likeness (QED) is 0.881. The third-order valence-corrected chi connectivity index (χ3v) is 2.44. The number of alkyl halides is 3. The Balaban J connectivity index is 2.73. The van der Waals surface area contributed by atoms with Crippen molar-refractivity contribution in [2.24, 2.45) is 5.92 Å². The Labute approximate surface area is 98.1 Å². The van der Waals surface area contributed by atoms with E-state index < -0.39 is 18.6 Å². The summed E-state index contributed by atoms with van der Waals surface area (Å²) in [5.74, 6) is -1.98. The van der Waals surface area contributed by atoms with E-state index in [1.54, 1.807) is 13.0 Å². The van der Waals surface area contributed by atoms with Gasteiger partial charge in [-0.2, -0.15) is 18.4 Å². The molecule has 0 aromatic heterocycles. The van der Waals surface area contributed by atoms with Crippen molar-refractivity contribution in [1.29, 1.82) is 5.26 Å². The molecule has 1 aromatic carbocycles. The molecule has 1 aromatic rings. The lowest BCUT2D eigenvalue weighted by Gasteiger charge is -2.16. The van der Waals surface area contributed by atoms with Gasteiger partial charge in [-0.3, -0.25) is 0 Å². The van der Waals surface area contributed by atoms with Crippen LogP contribution in [-0.2, 0) is 0 Å². The van der Waals surface area contributed by atoms with Crippen LogP contribution in [0.1, 0.15) is 11.1 Å². The molecule has 0 spiro atoms. The highest BCUT2D eigenvalue weighted by molar-refractivity contribution is 5.52. The van der Waals surface area contributed by atoms with E-state index in [9.17, 15) is 13.2 Å². The molecule has 17 heavy (non-hydrogen) atoms. The van der Waals surface area contributed by atoms with Crippen LogP contribution in [0.25, 0.3) is 0 Å². The van der Waals surface area contributed by atoms with Gasteiger partial charge >= 0.3 is 6.18 Å². The molecule has 92 valence electrons. The number of nitrogens with zero attached hydrogens (tertiary/aromatic N) is 1. The number of nitriles is 1. The van der Waals surface area contributed by atoms with Crippen LogP contribution < -0.4 is 5.32 Å². The van der Waals surface area contributed by atoms with E-state index in [1.807, 2.05) is 19.1 Å². The van der Waals surface area contributed by atoms with Crippen molar-refractivity contribution in [1.82, 2.24) is 0 Å². The van der Waals surface area contributed by atoms with Gasteiger partial charge in [-0.25, -0.2) is 0 Å². The first-order valence-electron chi connectivity index (χ1n) is 5.12. The third-order valence-electron chi connectivity index (χ3n) is 2.44. The van der Waals surface area contributed by atoms with E-state index in [-0.39, 0.29) is 0 Å². The van der Waals surface area contributed by atoms with Crippen LogP contribution in [-0.4, -0.2) is 12.7 Å². The van der Waals surface area contributed by atoms with Crippen LogP contribution in [0.5, 0.6) is 0 Å². The van der Waals surface area contributed by atoms with Crippen LogP contribution >= 0.6 is 0 Å². The molecular formula is C12H13F3N2. The molecule has 1 rings (SSSR count). The Morgan fingerprint density at radius 3 is 2.53 bits per heavy atom. The summed E-state index contributed by atoms with van der Waals surface area (Å²) in [6.45, 7) is 3.23. The second-order valence-corrected chi connectivity index (χ2v) is 3.92. The Morgan fingerprint density at radius 2 is 2.00 bits per heavy atom. The third kappa shape index (κ3) is 3.66. The molecule has 0 amide bonds. The minimum atomic E-state index is -4.49. The molecule has 0 saturated carbocycles. The summed E-state index contributed by atoms with van der Waals surface area (Å²) in [5, 5.41) is 11.1. The van der Waals surface area contributed by atoms with Crippen LogP contribution in [0, 0.1) is 31.1 Å². The molecule has 1 N–H and O–H groups in total. The molecule has 2 nitrogen and oxygen atoms in total. The number of hydrogen-bond acceptors (Lipinski definition) is 2. The summed E-state index contributed by atoms with van der Waals surface area (Å²) < 4.78 is 37.0. The van der Waals surface area contributed by atoms with Gasteiger partial charge in [0.15, 0.2) is 5.92 Å². The molecule has 0 heterocycles. The molecule has 0 saturated heterocycles. The zero-order valence-corrected chi connectivity index (χ0v) is 9.60. The summed E-state index contributed by atoms with van der Waals surface area (Å²) in [6, 6.07) is 6.73. The van der Waals surface area contributed by atoms with Crippen molar-refractivity contribution in [2.75, 3.05) is 11.9 Å². The maximum atomic E-state index is 12.3. The van der Waals surface area contributed by atoms with Gasteiger partial charge in [-0.1, -0.05) is 12.1 Å². The summed E-state index contributed by atoms with van der Waals surface area (Å²) in [4.78, 5) is 0. The van der Waals surface area contributed by atoms with E-state index in [4.69, 9.17) is 5.26 Å². The predicted molar refractivity (Wildman–Crippen MR) is 59.6 cm³/mol. The summed E-state index contributed by atoms with van der Waals surface area (Å²) >= 11 is 0. The Morgan fingerprint density at radius 1 is 1.35 bits per heavy atom. The standard InChI is InChI=1S/C12H13F3N2/c1-8-3-4-9(2)11(5-8)17-7-10(6-16)12(13,14)15/h3-5,10,17H,7H2,1-2H3. The van der Waals surface area contributed by atoms with Gasteiger partial charge in [-0.05, 0) is 31.0 Å². The van der Waals surface area contributed by atoms with Gasteiger partial charge in [0, 0.05) is 12.2 Å². The molecule has 0 fully saturated rings. The Bertz CT molecular complexity index is 432. The highest BCUT2D eigenvalue weighted by Gasteiger charge is 2.39. The zero-order chi connectivity index (χ0) is 13.1. The lowest BCUT2D eigenvalue weighted by Crippen LogP contribution is -2.28. The predicted octanol–water partition coefficient (Wildman–Crippen LogP) is 3.42. The van der Waals surface area contributed by atoms with Crippen LogP contribution in [0.15, 0.2) is 18.2 Å². The first-order valence-corrected chi connectivity index (χ1v) is 5.12. The number of rotatable bonds is 3. The van der Waals surface area contributed by atoms with Gasteiger partial charge < -0.3 is 5.32 Å². The zero-order valence-electron chi connectivity index (χ0n) is 9.60. The molecule has 1 atom stereocenters. The molecule has 0 bridgehead atoms. The number of hydrogen-bond donors (Lipinski definition) is 1. The topological polar surface area (TPSA) is 35.8 Å². The van der Waals surface area contributed by atoms with Gasteiger partial charge in [0.1, 0.15) is 0 Å². The smallest absolute Gasteiger partial charge is 0.383 e. The summed E-state index contributed by atoms with van der Waals surface area (Å²) in [5.41, 5.74) is 2.45. The van der Waals surface area contributed by atoms with Crippen molar-refractivity contribution >= 4 is 5.69 Å². The van der Waals surface area contributed by atoms with Crippen molar-refractivity contribution in [3.8, 4) is 6.07 Å². The second-order valence-electron chi connectivity index (χ2n) is 3.92. The lowest BCUT2D eigenvalue weighted by atomic mass is 10.1. The number of anilines is 1. The number of benzene rings is 1. The van der Waals surface area contributed by atoms with E-state index in [0.717, 1.165) is 11.1 Å². The van der Waals surface area contributed by atoms with E-state index >= 15 is 0 Å². The summed E-state index contributed by atoms with van der Waals surface area (Å²) in [6.07, 6.45) is -4.49. The van der Waals surface area contributed by atoms with Crippen molar-refractivity contribution in [3.05, 3.63) is 29.3 Å². The van der Waals surface area contributed by atoms with Gasteiger partial charge in [0.25, 0.3) is 0 Å². The minimum Gasteiger partial charge on any atom is -0.383 e. The van der Waals surface area contributed by atoms with Crippen molar-refractivity contribution < 1.29 is 13.2 Å². The minimum absolute atomic E-state index is 0.426. The highest BCUT2D eigenvalue weighted by atomic mass is 19.4. The average Bonchev–Trinajstić information content (AvgIpc) is 2.22. The van der Waals surface area contributed by atoms with Crippen LogP contribution in [0.2, 0.25) is 0 Å².